The lowest BCUT2D eigenvalue weighted by atomic mass is 10.1. The molecule has 6 nitrogen and oxygen atoms in total. The predicted molar refractivity (Wildman–Crippen MR) is 118 cm³/mol. The van der Waals surface area contributed by atoms with Crippen molar-refractivity contribution in [2.24, 2.45) is 0 Å². The minimum atomic E-state index is -3.89. The first kappa shape index (κ1) is 20.1. The van der Waals surface area contributed by atoms with Crippen molar-refractivity contribution in [3.8, 4) is 22.8 Å². The fourth-order valence-electron chi connectivity index (χ4n) is 3.01. The van der Waals surface area contributed by atoms with Crippen LogP contribution in [-0.2, 0) is 10.0 Å². The Morgan fingerprint density at radius 1 is 0.833 bits per heavy atom. The molecule has 0 bridgehead atoms. The van der Waals surface area contributed by atoms with Gasteiger partial charge in [0.25, 0.3) is 10.0 Å². The van der Waals surface area contributed by atoms with Crippen molar-refractivity contribution in [2.75, 3.05) is 4.83 Å². The van der Waals surface area contributed by atoms with Gasteiger partial charge in [0.05, 0.1) is 9.92 Å². The van der Waals surface area contributed by atoms with Crippen molar-refractivity contribution in [3.05, 3.63) is 88.9 Å². The molecule has 0 radical (unpaired) electrons. The number of benzene rings is 3. The Morgan fingerprint density at radius 3 is 2.13 bits per heavy atom. The summed E-state index contributed by atoms with van der Waals surface area (Å²) in [5.74, 6) is 0.660. The predicted octanol–water partition coefficient (Wildman–Crippen LogP) is 4.81. The molecular formula is C22H19ClN4O2S. The molecule has 1 N–H and O–H groups in total. The summed E-state index contributed by atoms with van der Waals surface area (Å²) < 4.78 is 27.6. The molecule has 0 unspecified atom stereocenters. The molecule has 30 heavy (non-hydrogen) atoms. The van der Waals surface area contributed by atoms with Gasteiger partial charge in [0.1, 0.15) is 0 Å². The lowest BCUT2D eigenvalue weighted by Gasteiger charge is -2.14. The third kappa shape index (κ3) is 3.94. The van der Waals surface area contributed by atoms with Gasteiger partial charge in [-0.15, -0.1) is 10.2 Å². The third-order valence-electron chi connectivity index (χ3n) is 4.60. The largest absolute Gasteiger partial charge is 0.275 e. The molecule has 0 saturated heterocycles. The van der Waals surface area contributed by atoms with Crippen molar-refractivity contribution < 1.29 is 8.42 Å². The van der Waals surface area contributed by atoms with E-state index in [1.54, 1.807) is 36.4 Å². The van der Waals surface area contributed by atoms with Crippen LogP contribution in [0.2, 0.25) is 5.02 Å². The van der Waals surface area contributed by atoms with Crippen molar-refractivity contribution in [2.45, 2.75) is 18.7 Å². The highest BCUT2D eigenvalue weighted by atomic mass is 35.5. The second-order valence-corrected chi connectivity index (χ2v) is 9.01. The van der Waals surface area contributed by atoms with Crippen LogP contribution in [0.15, 0.2) is 77.7 Å². The van der Waals surface area contributed by atoms with Gasteiger partial charge in [-0.25, -0.2) is 9.51 Å². The molecular weight excluding hydrogens is 420 g/mol. The number of hydrogen-bond acceptors (Lipinski definition) is 4. The molecule has 0 atom stereocenters. The first-order chi connectivity index (χ1) is 14.3. The average molecular weight is 439 g/mol. The van der Waals surface area contributed by atoms with E-state index in [0.29, 0.717) is 27.8 Å². The van der Waals surface area contributed by atoms with Gasteiger partial charge in [0, 0.05) is 11.1 Å². The maximum absolute atomic E-state index is 13.1. The van der Waals surface area contributed by atoms with Gasteiger partial charge in [-0.1, -0.05) is 65.7 Å². The van der Waals surface area contributed by atoms with Crippen LogP contribution in [0.4, 0.5) is 0 Å². The van der Waals surface area contributed by atoms with Crippen LogP contribution >= 0.6 is 11.6 Å². The summed E-state index contributed by atoms with van der Waals surface area (Å²) in [6, 6.07) is 21.3. The molecule has 8 heteroatoms. The molecule has 0 spiro atoms. The molecule has 4 rings (SSSR count). The average Bonchev–Trinajstić information content (AvgIpc) is 3.11. The summed E-state index contributed by atoms with van der Waals surface area (Å²) in [6.07, 6.45) is 0. The molecule has 3 aromatic carbocycles. The molecule has 152 valence electrons. The Balaban J connectivity index is 1.87. The fraction of sp³-hybridized carbons (Fsp3) is 0.0909. The molecule has 4 aromatic rings. The molecule has 0 saturated carbocycles. The van der Waals surface area contributed by atoms with E-state index in [4.69, 9.17) is 11.6 Å². The van der Waals surface area contributed by atoms with Crippen LogP contribution in [0.1, 0.15) is 11.1 Å². The summed E-state index contributed by atoms with van der Waals surface area (Å²) in [7, 11) is -3.89. The highest BCUT2D eigenvalue weighted by Crippen LogP contribution is 2.30. The standard InChI is InChI=1S/C22H19ClN4O2S/c1-15-8-11-18(12-9-15)30(28,29)26-27-21(17-6-4-3-5-7-17)24-25-22(27)19-13-10-16(2)14-20(19)23/h3-14,26H,1-2H3. The van der Waals surface area contributed by atoms with E-state index in [1.165, 1.54) is 4.68 Å². The zero-order valence-corrected chi connectivity index (χ0v) is 17.9. The number of nitrogens with zero attached hydrogens (tertiary/aromatic N) is 3. The molecule has 0 fully saturated rings. The summed E-state index contributed by atoms with van der Waals surface area (Å²) in [4.78, 5) is 2.76. The Bertz CT molecular complexity index is 1300. The normalized spacial score (nSPS) is 11.4. The number of hydrogen-bond donors (Lipinski definition) is 1. The SMILES string of the molecule is Cc1ccc(S(=O)(=O)Nn2c(-c3ccccc3)nnc2-c2ccc(C)cc2Cl)cc1. The van der Waals surface area contributed by atoms with Crippen LogP contribution in [0.5, 0.6) is 0 Å². The topological polar surface area (TPSA) is 76.9 Å². The van der Waals surface area contributed by atoms with Gasteiger partial charge in [0.2, 0.25) is 0 Å². The van der Waals surface area contributed by atoms with Gasteiger partial charge in [-0.3, -0.25) is 0 Å². The molecule has 0 aliphatic heterocycles. The summed E-state index contributed by atoms with van der Waals surface area (Å²) in [5, 5.41) is 8.95. The van der Waals surface area contributed by atoms with Gasteiger partial charge < -0.3 is 0 Å². The maximum atomic E-state index is 13.1. The Labute approximate surface area is 180 Å². The lowest BCUT2D eigenvalue weighted by Crippen LogP contribution is -2.25. The van der Waals surface area contributed by atoms with E-state index < -0.39 is 10.0 Å². The zero-order valence-electron chi connectivity index (χ0n) is 16.4. The number of sulfonamides is 1. The van der Waals surface area contributed by atoms with Crippen molar-refractivity contribution >= 4 is 21.6 Å². The van der Waals surface area contributed by atoms with Crippen LogP contribution in [0.25, 0.3) is 22.8 Å². The Hall–Kier alpha value is -3.16. The van der Waals surface area contributed by atoms with Crippen LogP contribution in [-0.4, -0.2) is 23.3 Å². The van der Waals surface area contributed by atoms with Gasteiger partial charge in [0.15, 0.2) is 11.6 Å². The molecule has 0 aliphatic rings. The van der Waals surface area contributed by atoms with Gasteiger partial charge in [-0.2, -0.15) is 8.42 Å². The molecule has 1 heterocycles. The first-order valence-corrected chi connectivity index (χ1v) is 11.1. The highest BCUT2D eigenvalue weighted by Gasteiger charge is 2.23. The Kier molecular flexibility index (Phi) is 5.32. The number of aryl methyl sites for hydroxylation is 2. The van der Waals surface area contributed by atoms with E-state index in [2.05, 4.69) is 15.0 Å². The van der Waals surface area contributed by atoms with E-state index in [0.717, 1.165) is 11.1 Å². The van der Waals surface area contributed by atoms with Crippen molar-refractivity contribution in [3.63, 3.8) is 0 Å². The highest BCUT2D eigenvalue weighted by molar-refractivity contribution is 7.92. The van der Waals surface area contributed by atoms with E-state index in [1.807, 2.05) is 50.2 Å². The molecule has 0 aliphatic carbocycles. The van der Waals surface area contributed by atoms with E-state index >= 15 is 0 Å². The smallest absolute Gasteiger partial charge is 0.213 e. The number of rotatable bonds is 5. The second-order valence-electron chi connectivity index (χ2n) is 6.94. The quantitative estimate of drug-likeness (QED) is 0.484. The van der Waals surface area contributed by atoms with E-state index in [9.17, 15) is 8.42 Å². The first-order valence-electron chi connectivity index (χ1n) is 9.22. The van der Waals surface area contributed by atoms with Crippen LogP contribution in [0.3, 0.4) is 0 Å². The minimum absolute atomic E-state index is 0.141. The molecule has 1 aromatic heterocycles. The van der Waals surface area contributed by atoms with E-state index in [-0.39, 0.29) is 4.90 Å². The Morgan fingerprint density at radius 2 is 1.47 bits per heavy atom. The van der Waals surface area contributed by atoms with Crippen molar-refractivity contribution in [1.82, 2.24) is 14.9 Å². The fourth-order valence-corrected chi connectivity index (χ4v) is 4.34. The zero-order chi connectivity index (χ0) is 21.3. The third-order valence-corrected chi connectivity index (χ3v) is 6.23. The summed E-state index contributed by atoms with van der Waals surface area (Å²) in [5.41, 5.74) is 3.24. The van der Waals surface area contributed by atoms with Gasteiger partial charge >= 0.3 is 0 Å². The molecule has 0 amide bonds. The number of nitrogens with one attached hydrogen (secondary N) is 1. The van der Waals surface area contributed by atoms with Crippen LogP contribution in [0, 0.1) is 13.8 Å². The van der Waals surface area contributed by atoms with Gasteiger partial charge in [-0.05, 0) is 43.7 Å². The second kappa shape index (κ2) is 7.93. The minimum Gasteiger partial charge on any atom is -0.213 e. The summed E-state index contributed by atoms with van der Waals surface area (Å²) in [6.45, 7) is 3.82. The van der Waals surface area contributed by atoms with Crippen molar-refractivity contribution in [1.29, 1.82) is 0 Å². The van der Waals surface area contributed by atoms with Crippen LogP contribution < -0.4 is 4.83 Å². The number of halogens is 1. The monoisotopic (exact) mass is 438 g/mol. The summed E-state index contributed by atoms with van der Waals surface area (Å²) >= 11 is 6.44. The maximum Gasteiger partial charge on any atom is 0.275 e. The lowest BCUT2D eigenvalue weighted by molar-refractivity contribution is 0.595. The number of aromatic nitrogens is 3.